The summed E-state index contributed by atoms with van der Waals surface area (Å²) in [6.07, 6.45) is 6.20. The van der Waals surface area contributed by atoms with E-state index in [1.54, 1.807) is 18.2 Å². The summed E-state index contributed by atoms with van der Waals surface area (Å²) >= 11 is 0. The summed E-state index contributed by atoms with van der Waals surface area (Å²) in [4.78, 5) is 23.1. The molecule has 5 heteroatoms. The lowest BCUT2D eigenvalue weighted by Crippen LogP contribution is -2.34. The molecule has 0 atom stereocenters. The second kappa shape index (κ2) is 7.11. The van der Waals surface area contributed by atoms with Crippen molar-refractivity contribution in [3.05, 3.63) is 29.3 Å². The number of rotatable bonds is 4. The summed E-state index contributed by atoms with van der Waals surface area (Å²) in [5.41, 5.74) is 7.16. The Morgan fingerprint density at radius 1 is 1.24 bits per heavy atom. The molecule has 1 aromatic carbocycles. The first-order chi connectivity index (χ1) is 10.1. The zero-order chi connectivity index (χ0) is 15.2. The van der Waals surface area contributed by atoms with Crippen LogP contribution in [0.15, 0.2) is 18.2 Å². The molecule has 0 aliphatic heterocycles. The van der Waals surface area contributed by atoms with Crippen molar-refractivity contribution >= 4 is 17.6 Å². The molecule has 114 valence electrons. The third-order valence-electron chi connectivity index (χ3n) is 4.05. The lowest BCUT2D eigenvalue weighted by atomic mass is 9.89. The summed E-state index contributed by atoms with van der Waals surface area (Å²) in [6, 6.07) is 4.81. The first kappa shape index (κ1) is 15.4. The second-order valence-electron chi connectivity index (χ2n) is 5.73. The Labute approximate surface area is 125 Å². The Hall–Kier alpha value is -2.04. The molecule has 0 saturated heterocycles. The van der Waals surface area contributed by atoms with Gasteiger partial charge < -0.3 is 16.4 Å². The fourth-order valence-electron chi connectivity index (χ4n) is 2.70. The lowest BCUT2D eigenvalue weighted by molar-refractivity contribution is 0.100. The first-order valence-electron chi connectivity index (χ1n) is 7.51. The van der Waals surface area contributed by atoms with E-state index < -0.39 is 5.91 Å². The highest BCUT2D eigenvalue weighted by Crippen LogP contribution is 2.23. The van der Waals surface area contributed by atoms with Crippen molar-refractivity contribution in [2.24, 2.45) is 11.7 Å². The molecule has 0 aromatic heterocycles. The molecule has 0 radical (unpaired) electrons. The lowest BCUT2D eigenvalue weighted by Gasteiger charge is -2.22. The Balaban J connectivity index is 1.89. The van der Waals surface area contributed by atoms with Gasteiger partial charge in [-0.3, -0.25) is 4.79 Å². The van der Waals surface area contributed by atoms with Crippen LogP contribution < -0.4 is 16.4 Å². The SMILES string of the molecule is Cc1ccc(C(N)=O)cc1NC(=O)NCC1CCCCC1. The average Bonchev–Trinajstić information content (AvgIpc) is 2.48. The van der Waals surface area contributed by atoms with E-state index in [9.17, 15) is 9.59 Å². The summed E-state index contributed by atoms with van der Waals surface area (Å²) in [5.74, 6) is 0.0863. The number of amides is 3. The highest BCUT2D eigenvalue weighted by molar-refractivity contribution is 5.96. The molecule has 3 amide bonds. The summed E-state index contributed by atoms with van der Waals surface area (Å²) in [5, 5.41) is 5.70. The minimum absolute atomic E-state index is 0.231. The van der Waals surface area contributed by atoms with E-state index in [2.05, 4.69) is 10.6 Å². The molecule has 0 unspecified atom stereocenters. The number of carbonyl (C=O) groups is 2. The monoisotopic (exact) mass is 289 g/mol. The number of aryl methyl sites for hydroxylation is 1. The van der Waals surface area contributed by atoms with Gasteiger partial charge in [0.1, 0.15) is 0 Å². The van der Waals surface area contributed by atoms with Crippen molar-refractivity contribution in [2.45, 2.75) is 39.0 Å². The summed E-state index contributed by atoms with van der Waals surface area (Å²) < 4.78 is 0. The zero-order valence-corrected chi connectivity index (χ0v) is 12.4. The standard InChI is InChI=1S/C16H23N3O2/c1-11-7-8-13(15(17)20)9-14(11)19-16(21)18-10-12-5-3-2-4-6-12/h7-9,12H,2-6,10H2,1H3,(H2,17,20)(H2,18,19,21). The molecular weight excluding hydrogens is 266 g/mol. The molecule has 1 saturated carbocycles. The van der Waals surface area contributed by atoms with Crippen molar-refractivity contribution in [1.29, 1.82) is 0 Å². The smallest absolute Gasteiger partial charge is 0.319 e. The number of primary amides is 1. The first-order valence-corrected chi connectivity index (χ1v) is 7.51. The molecule has 1 aromatic rings. The van der Waals surface area contributed by atoms with E-state index in [0.717, 1.165) is 5.56 Å². The van der Waals surface area contributed by atoms with Crippen LogP contribution in [0.25, 0.3) is 0 Å². The van der Waals surface area contributed by atoms with Crippen LogP contribution in [-0.4, -0.2) is 18.5 Å². The van der Waals surface area contributed by atoms with E-state index >= 15 is 0 Å². The molecule has 0 bridgehead atoms. The van der Waals surface area contributed by atoms with Crippen molar-refractivity contribution in [1.82, 2.24) is 5.32 Å². The Morgan fingerprint density at radius 3 is 2.62 bits per heavy atom. The topological polar surface area (TPSA) is 84.2 Å². The average molecular weight is 289 g/mol. The van der Waals surface area contributed by atoms with Gasteiger partial charge in [0.05, 0.1) is 0 Å². The van der Waals surface area contributed by atoms with Gasteiger partial charge in [0, 0.05) is 17.8 Å². The van der Waals surface area contributed by atoms with Crippen molar-refractivity contribution in [3.63, 3.8) is 0 Å². The summed E-state index contributed by atoms with van der Waals surface area (Å²) in [7, 11) is 0. The van der Waals surface area contributed by atoms with Crippen molar-refractivity contribution in [2.75, 3.05) is 11.9 Å². The van der Waals surface area contributed by atoms with Gasteiger partial charge in [0.15, 0.2) is 0 Å². The zero-order valence-electron chi connectivity index (χ0n) is 12.4. The second-order valence-corrected chi connectivity index (χ2v) is 5.73. The molecule has 0 heterocycles. The highest BCUT2D eigenvalue weighted by atomic mass is 16.2. The molecule has 21 heavy (non-hydrogen) atoms. The molecule has 1 fully saturated rings. The van der Waals surface area contributed by atoms with Gasteiger partial charge in [-0.1, -0.05) is 25.3 Å². The van der Waals surface area contributed by atoms with Crippen LogP contribution >= 0.6 is 0 Å². The molecule has 1 aliphatic carbocycles. The van der Waals surface area contributed by atoms with Crippen LogP contribution in [-0.2, 0) is 0 Å². The number of nitrogens with one attached hydrogen (secondary N) is 2. The van der Waals surface area contributed by atoms with Crippen LogP contribution in [0.2, 0.25) is 0 Å². The van der Waals surface area contributed by atoms with Gasteiger partial charge in [-0.25, -0.2) is 4.79 Å². The third-order valence-corrected chi connectivity index (χ3v) is 4.05. The molecule has 1 aliphatic rings. The van der Waals surface area contributed by atoms with E-state index in [1.807, 2.05) is 6.92 Å². The van der Waals surface area contributed by atoms with E-state index in [1.165, 1.54) is 32.1 Å². The van der Waals surface area contributed by atoms with E-state index in [-0.39, 0.29) is 6.03 Å². The Bertz CT molecular complexity index is 522. The number of anilines is 1. The fraction of sp³-hybridized carbons (Fsp3) is 0.500. The fourth-order valence-corrected chi connectivity index (χ4v) is 2.70. The van der Waals surface area contributed by atoms with Crippen LogP contribution in [0.1, 0.15) is 48.0 Å². The summed E-state index contributed by atoms with van der Waals surface area (Å²) in [6.45, 7) is 2.59. The third kappa shape index (κ3) is 4.48. The number of hydrogen-bond donors (Lipinski definition) is 3. The number of nitrogens with two attached hydrogens (primary N) is 1. The normalized spacial score (nSPS) is 15.5. The molecular formula is C16H23N3O2. The van der Waals surface area contributed by atoms with Gasteiger partial charge in [-0.2, -0.15) is 0 Å². The molecule has 0 spiro atoms. The Morgan fingerprint density at radius 2 is 1.95 bits per heavy atom. The van der Waals surface area contributed by atoms with E-state index in [0.29, 0.717) is 23.7 Å². The number of benzene rings is 1. The predicted octanol–water partition coefficient (Wildman–Crippen LogP) is 2.80. The van der Waals surface area contributed by atoms with Gasteiger partial charge >= 0.3 is 6.03 Å². The van der Waals surface area contributed by atoms with Crippen molar-refractivity contribution < 1.29 is 9.59 Å². The Kier molecular flexibility index (Phi) is 5.20. The molecule has 4 N–H and O–H groups in total. The quantitative estimate of drug-likeness (QED) is 0.796. The minimum atomic E-state index is -0.499. The largest absolute Gasteiger partial charge is 0.366 e. The van der Waals surface area contributed by atoms with Crippen LogP contribution in [0.3, 0.4) is 0 Å². The van der Waals surface area contributed by atoms with Gasteiger partial charge in [0.25, 0.3) is 0 Å². The minimum Gasteiger partial charge on any atom is -0.366 e. The van der Waals surface area contributed by atoms with Gasteiger partial charge in [0.2, 0.25) is 5.91 Å². The maximum Gasteiger partial charge on any atom is 0.319 e. The molecule has 2 rings (SSSR count). The predicted molar refractivity (Wildman–Crippen MR) is 83.3 cm³/mol. The molecule has 5 nitrogen and oxygen atoms in total. The highest BCUT2D eigenvalue weighted by Gasteiger charge is 2.14. The van der Waals surface area contributed by atoms with Crippen LogP contribution in [0, 0.1) is 12.8 Å². The van der Waals surface area contributed by atoms with Gasteiger partial charge in [-0.15, -0.1) is 0 Å². The number of carbonyl (C=O) groups excluding carboxylic acids is 2. The number of urea groups is 1. The number of hydrogen-bond acceptors (Lipinski definition) is 2. The maximum absolute atomic E-state index is 12.0. The van der Waals surface area contributed by atoms with E-state index in [4.69, 9.17) is 5.73 Å². The van der Waals surface area contributed by atoms with Gasteiger partial charge in [-0.05, 0) is 43.4 Å². The van der Waals surface area contributed by atoms with Crippen LogP contribution in [0.4, 0.5) is 10.5 Å². The van der Waals surface area contributed by atoms with Crippen molar-refractivity contribution in [3.8, 4) is 0 Å². The maximum atomic E-state index is 12.0. The van der Waals surface area contributed by atoms with Crippen LogP contribution in [0.5, 0.6) is 0 Å².